The summed E-state index contributed by atoms with van der Waals surface area (Å²) in [6.07, 6.45) is 6.56. The van der Waals surface area contributed by atoms with Gasteiger partial charge in [-0.1, -0.05) is 26.7 Å². The molecule has 1 aliphatic rings. The van der Waals surface area contributed by atoms with Gasteiger partial charge in [-0.05, 0) is 25.2 Å². The lowest BCUT2D eigenvalue weighted by Crippen LogP contribution is -2.30. The van der Waals surface area contributed by atoms with E-state index in [0.29, 0.717) is 12.3 Å². The van der Waals surface area contributed by atoms with Crippen LogP contribution in [0.25, 0.3) is 0 Å². The molecule has 2 heteroatoms. The molecule has 0 saturated carbocycles. The van der Waals surface area contributed by atoms with E-state index in [1.54, 1.807) is 0 Å². The molecule has 1 aliphatic heterocycles. The molecule has 0 spiro atoms. The first kappa shape index (κ1) is 10.6. The third-order valence-electron chi connectivity index (χ3n) is 2.81. The summed E-state index contributed by atoms with van der Waals surface area (Å²) in [6, 6.07) is 0. The van der Waals surface area contributed by atoms with E-state index >= 15 is 0 Å². The summed E-state index contributed by atoms with van der Waals surface area (Å²) in [5, 5.41) is 0. The van der Waals surface area contributed by atoms with Gasteiger partial charge in [-0.25, -0.2) is 0 Å². The van der Waals surface area contributed by atoms with Crippen LogP contribution in [0.2, 0.25) is 0 Å². The van der Waals surface area contributed by atoms with E-state index < -0.39 is 0 Å². The van der Waals surface area contributed by atoms with Crippen LogP contribution < -0.4 is 0 Å². The molecule has 0 radical (unpaired) electrons. The van der Waals surface area contributed by atoms with Crippen LogP contribution in [-0.2, 0) is 9.53 Å². The molecule has 0 aromatic carbocycles. The van der Waals surface area contributed by atoms with Crippen molar-refractivity contribution < 1.29 is 9.53 Å². The van der Waals surface area contributed by atoms with Crippen LogP contribution in [0.5, 0.6) is 0 Å². The summed E-state index contributed by atoms with van der Waals surface area (Å²) >= 11 is 0. The van der Waals surface area contributed by atoms with Crippen LogP contribution >= 0.6 is 0 Å². The summed E-state index contributed by atoms with van der Waals surface area (Å²) in [5.74, 6) is 0.564. The molecular weight excluding hydrogens is 164 g/mol. The minimum absolute atomic E-state index is 0.000372. The molecule has 1 fully saturated rings. The van der Waals surface area contributed by atoms with Crippen molar-refractivity contribution in [1.29, 1.82) is 0 Å². The van der Waals surface area contributed by atoms with Crippen LogP contribution in [0.4, 0.5) is 0 Å². The number of unbranched alkanes of at least 4 members (excludes halogenated alkanes) is 2. The van der Waals surface area contributed by atoms with Gasteiger partial charge in [0, 0.05) is 6.42 Å². The Hall–Kier alpha value is -0.530. The van der Waals surface area contributed by atoms with Crippen LogP contribution in [-0.4, -0.2) is 12.1 Å². The zero-order chi connectivity index (χ0) is 9.68. The minimum Gasteiger partial charge on any atom is -0.462 e. The summed E-state index contributed by atoms with van der Waals surface area (Å²) < 4.78 is 5.31. The molecular formula is C11H20O2. The van der Waals surface area contributed by atoms with Gasteiger partial charge in [0.25, 0.3) is 0 Å². The normalized spacial score (nSPS) is 28.6. The summed E-state index contributed by atoms with van der Waals surface area (Å²) in [7, 11) is 0. The number of rotatable bonds is 4. The largest absolute Gasteiger partial charge is 0.462 e. The van der Waals surface area contributed by atoms with Gasteiger partial charge in [0.1, 0.15) is 6.10 Å². The van der Waals surface area contributed by atoms with Crippen LogP contribution in [0.15, 0.2) is 0 Å². The molecule has 0 amide bonds. The molecule has 0 unspecified atom stereocenters. The molecule has 0 aromatic rings. The monoisotopic (exact) mass is 184 g/mol. The Morgan fingerprint density at radius 1 is 1.46 bits per heavy atom. The highest BCUT2D eigenvalue weighted by Crippen LogP contribution is 2.24. The fraction of sp³-hybridized carbons (Fsp3) is 0.909. The third kappa shape index (κ3) is 3.37. The molecule has 0 N–H and O–H groups in total. The van der Waals surface area contributed by atoms with Crippen molar-refractivity contribution >= 4 is 5.97 Å². The highest BCUT2D eigenvalue weighted by molar-refractivity contribution is 5.70. The van der Waals surface area contributed by atoms with E-state index in [4.69, 9.17) is 4.74 Å². The Kier molecular flexibility index (Phi) is 4.26. The second-order valence-corrected chi connectivity index (χ2v) is 4.04. The molecule has 2 nitrogen and oxygen atoms in total. The topological polar surface area (TPSA) is 26.3 Å². The maximum absolute atomic E-state index is 11.0. The van der Waals surface area contributed by atoms with Crippen molar-refractivity contribution in [2.24, 2.45) is 5.92 Å². The summed E-state index contributed by atoms with van der Waals surface area (Å²) in [4.78, 5) is 11.0. The van der Waals surface area contributed by atoms with E-state index in [2.05, 4.69) is 13.8 Å². The molecule has 1 saturated heterocycles. The van der Waals surface area contributed by atoms with Crippen molar-refractivity contribution in [2.75, 3.05) is 0 Å². The van der Waals surface area contributed by atoms with Crippen molar-refractivity contribution in [3.8, 4) is 0 Å². The van der Waals surface area contributed by atoms with Crippen LogP contribution in [0, 0.1) is 5.92 Å². The molecule has 0 bridgehead atoms. The number of esters is 1. The van der Waals surface area contributed by atoms with Gasteiger partial charge in [-0.3, -0.25) is 4.79 Å². The quantitative estimate of drug-likeness (QED) is 0.496. The van der Waals surface area contributed by atoms with Crippen molar-refractivity contribution in [2.45, 2.75) is 58.5 Å². The fourth-order valence-electron chi connectivity index (χ4n) is 1.81. The average molecular weight is 184 g/mol. The van der Waals surface area contributed by atoms with Gasteiger partial charge in [0.2, 0.25) is 0 Å². The van der Waals surface area contributed by atoms with E-state index in [-0.39, 0.29) is 12.1 Å². The lowest BCUT2D eigenvalue weighted by Gasteiger charge is -2.28. The maximum Gasteiger partial charge on any atom is 0.306 e. The van der Waals surface area contributed by atoms with Crippen molar-refractivity contribution in [3.05, 3.63) is 0 Å². The predicted molar refractivity (Wildman–Crippen MR) is 52.4 cm³/mol. The Balaban J connectivity index is 2.25. The number of carbonyl (C=O) groups is 1. The molecule has 1 rings (SSSR count). The molecule has 1 heterocycles. The molecule has 0 aromatic heterocycles. The lowest BCUT2D eigenvalue weighted by molar-refractivity contribution is -0.158. The Bertz CT molecular complexity index is 165. The average Bonchev–Trinajstić information content (AvgIpc) is 2.11. The molecule has 0 aliphatic carbocycles. The zero-order valence-corrected chi connectivity index (χ0v) is 8.71. The smallest absolute Gasteiger partial charge is 0.306 e. The third-order valence-corrected chi connectivity index (χ3v) is 2.81. The van der Waals surface area contributed by atoms with Gasteiger partial charge in [-0.15, -0.1) is 0 Å². The van der Waals surface area contributed by atoms with Crippen LogP contribution in [0.3, 0.4) is 0 Å². The second kappa shape index (κ2) is 5.25. The number of carbonyl (C=O) groups excluding carboxylic acids is 1. The molecule has 76 valence electrons. The first-order chi connectivity index (χ1) is 6.24. The number of hydrogen-bond acceptors (Lipinski definition) is 2. The van der Waals surface area contributed by atoms with E-state index in [0.717, 1.165) is 12.8 Å². The predicted octanol–water partition coefficient (Wildman–Crippen LogP) is 2.91. The van der Waals surface area contributed by atoms with Gasteiger partial charge in [-0.2, -0.15) is 0 Å². The Labute approximate surface area is 80.7 Å². The number of ether oxygens (including phenoxy) is 1. The fourth-order valence-corrected chi connectivity index (χ4v) is 1.81. The number of cyclic esters (lactones) is 1. The number of hydrogen-bond donors (Lipinski definition) is 0. The van der Waals surface area contributed by atoms with Crippen molar-refractivity contribution in [1.82, 2.24) is 0 Å². The Morgan fingerprint density at radius 2 is 2.23 bits per heavy atom. The molecule has 13 heavy (non-hydrogen) atoms. The van der Waals surface area contributed by atoms with E-state index in [1.807, 2.05) is 0 Å². The summed E-state index contributed by atoms with van der Waals surface area (Å²) in [6.45, 7) is 4.37. The highest BCUT2D eigenvalue weighted by atomic mass is 16.5. The SMILES string of the molecule is CCCCC[C@H]1OC(=O)CC[C@H]1C. The van der Waals surface area contributed by atoms with Crippen molar-refractivity contribution in [3.63, 3.8) is 0 Å². The van der Waals surface area contributed by atoms with E-state index in [1.165, 1.54) is 19.3 Å². The zero-order valence-electron chi connectivity index (χ0n) is 8.71. The van der Waals surface area contributed by atoms with Gasteiger partial charge >= 0.3 is 5.97 Å². The Morgan fingerprint density at radius 3 is 2.92 bits per heavy atom. The van der Waals surface area contributed by atoms with Gasteiger partial charge in [0.15, 0.2) is 0 Å². The first-order valence-corrected chi connectivity index (χ1v) is 5.43. The highest BCUT2D eigenvalue weighted by Gasteiger charge is 2.26. The van der Waals surface area contributed by atoms with Gasteiger partial charge < -0.3 is 4.74 Å². The van der Waals surface area contributed by atoms with E-state index in [9.17, 15) is 4.79 Å². The summed E-state index contributed by atoms with van der Waals surface area (Å²) in [5.41, 5.74) is 0. The van der Waals surface area contributed by atoms with Crippen LogP contribution in [0.1, 0.15) is 52.4 Å². The maximum atomic E-state index is 11.0. The second-order valence-electron chi connectivity index (χ2n) is 4.04. The van der Waals surface area contributed by atoms with Gasteiger partial charge in [0.05, 0.1) is 0 Å². The first-order valence-electron chi connectivity index (χ1n) is 5.43. The standard InChI is InChI=1S/C11H20O2/c1-3-4-5-6-10-9(2)7-8-11(12)13-10/h9-10H,3-8H2,1-2H3/t9-,10-/m1/s1. The molecule has 2 atom stereocenters. The lowest BCUT2D eigenvalue weighted by atomic mass is 9.92. The minimum atomic E-state index is -0.000372.